The summed E-state index contributed by atoms with van der Waals surface area (Å²) >= 11 is 0. The molecule has 0 fully saturated rings. The highest BCUT2D eigenvalue weighted by Gasteiger charge is 2.30. The van der Waals surface area contributed by atoms with E-state index in [0.29, 0.717) is 25.7 Å². The summed E-state index contributed by atoms with van der Waals surface area (Å²) in [5.74, 6) is -1.36. The number of hydrogen-bond acceptors (Lipinski definition) is 15. The maximum Gasteiger partial charge on any atom is 0.472 e. The van der Waals surface area contributed by atoms with Gasteiger partial charge in [0.25, 0.3) is 0 Å². The fourth-order valence-electron chi connectivity index (χ4n) is 9.73. The van der Waals surface area contributed by atoms with Gasteiger partial charge in [-0.05, 0) is 31.6 Å². The molecule has 0 saturated heterocycles. The number of aliphatic hydroxyl groups is 1. The number of phosphoric ester groups is 2. The maximum absolute atomic E-state index is 13.0. The molecule has 6 atom stereocenters. The Labute approximate surface area is 511 Å². The first-order chi connectivity index (χ1) is 40.6. The second-order valence-electron chi connectivity index (χ2n) is 23.7. The van der Waals surface area contributed by atoms with E-state index in [9.17, 15) is 43.2 Å². The molecule has 0 aromatic heterocycles. The average Bonchev–Trinajstić information content (AvgIpc) is 3.55. The van der Waals surface area contributed by atoms with Crippen LogP contribution in [0, 0.1) is 5.92 Å². The SMILES string of the molecule is CCCCCCCCCCCCCCCCCCC(=O)O[C@H](COC(=O)CCCCCCCCCCC(C)CC)COP(=O)(O)OC[C@@H](O)COP(=O)(O)OC[C@@H](COC(=O)CCCCCCCCCC)OC(=O)CCCCCCCCCC. The molecule has 0 aliphatic rings. The summed E-state index contributed by atoms with van der Waals surface area (Å²) in [7, 11) is -9.88. The smallest absolute Gasteiger partial charge is 0.462 e. The quantitative estimate of drug-likeness (QED) is 0.0222. The molecule has 0 aromatic rings. The number of unbranched alkanes of at least 4 members (excludes halogenated alkanes) is 36. The summed E-state index contributed by atoms with van der Waals surface area (Å²) in [4.78, 5) is 72.1. The highest BCUT2D eigenvalue weighted by atomic mass is 31.2. The van der Waals surface area contributed by atoms with Gasteiger partial charge in [0, 0.05) is 25.7 Å². The number of esters is 4. The third-order valence-electron chi connectivity index (χ3n) is 15.4. The predicted molar refractivity (Wildman–Crippen MR) is 335 cm³/mol. The second-order valence-corrected chi connectivity index (χ2v) is 26.7. The Kier molecular flexibility index (Phi) is 57.4. The van der Waals surface area contributed by atoms with Crippen molar-refractivity contribution in [3.05, 3.63) is 0 Å². The monoisotopic (exact) mass is 1240 g/mol. The molecule has 0 heterocycles. The number of phosphoric acid groups is 2. The van der Waals surface area contributed by atoms with E-state index < -0.39 is 97.5 Å². The van der Waals surface area contributed by atoms with Gasteiger partial charge in [-0.2, -0.15) is 0 Å². The van der Waals surface area contributed by atoms with E-state index in [0.717, 1.165) is 109 Å². The van der Waals surface area contributed by atoms with Gasteiger partial charge < -0.3 is 33.8 Å². The van der Waals surface area contributed by atoms with E-state index in [1.807, 2.05) is 0 Å². The Balaban J connectivity index is 5.20. The van der Waals surface area contributed by atoms with Crippen LogP contribution >= 0.6 is 15.6 Å². The lowest BCUT2D eigenvalue weighted by Gasteiger charge is -2.21. The summed E-state index contributed by atoms with van der Waals surface area (Å²) in [6.07, 6.45) is 43.1. The van der Waals surface area contributed by atoms with Crippen LogP contribution in [0.5, 0.6) is 0 Å². The normalized spacial score (nSPS) is 14.5. The van der Waals surface area contributed by atoms with Gasteiger partial charge in [-0.3, -0.25) is 37.3 Å². The molecule has 0 aliphatic carbocycles. The summed E-state index contributed by atoms with van der Waals surface area (Å²) < 4.78 is 67.9. The van der Waals surface area contributed by atoms with Crippen LogP contribution in [-0.2, 0) is 65.4 Å². The molecule has 17 nitrogen and oxygen atoms in total. The van der Waals surface area contributed by atoms with Gasteiger partial charge >= 0.3 is 39.5 Å². The summed E-state index contributed by atoms with van der Waals surface area (Å²) in [5.41, 5.74) is 0. The second kappa shape index (κ2) is 58.7. The molecule has 0 saturated carbocycles. The van der Waals surface area contributed by atoms with Crippen molar-refractivity contribution in [3.63, 3.8) is 0 Å². The molecule has 0 aromatic carbocycles. The van der Waals surface area contributed by atoms with Crippen molar-refractivity contribution in [2.45, 2.75) is 348 Å². The molecule has 0 radical (unpaired) electrons. The highest BCUT2D eigenvalue weighted by molar-refractivity contribution is 7.47. The van der Waals surface area contributed by atoms with Crippen LogP contribution < -0.4 is 0 Å². The molecule has 0 rings (SSSR count). The molecule has 3 N–H and O–H groups in total. The Morgan fingerprint density at radius 3 is 0.845 bits per heavy atom. The largest absolute Gasteiger partial charge is 0.472 e. The molecule has 0 bridgehead atoms. The van der Waals surface area contributed by atoms with Crippen LogP contribution in [0.25, 0.3) is 0 Å². The minimum atomic E-state index is -4.94. The number of carbonyl (C=O) groups excluding carboxylic acids is 4. The van der Waals surface area contributed by atoms with Gasteiger partial charge in [-0.1, -0.05) is 279 Å². The molecule has 0 spiro atoms. The molecule has 0 aliphatic heterocycles. The first kappa shape index (κ1) is 82.1. The minimum Gasteiger partial charge on any atom is -0.462 e. The van der Waals surface area contributed by atoms with Crippen molar-refractivity contribution in [3.8, 4) is 0 Å². The number of rotatable bonds is 65. The molecular weight excluding hydrogens is 1110 g/mol. The van der Waals surface area contributed by atoms with Crippen LogP contribution in [0.15, 0.2) is 0 Å². The van der Waals surface area contributed by atoms with Crippen molar-refractivity contribution in [1.29, 1.82) is 0 Å². The third kappa shape index (κ3) is 57.8. The van der Waals surface area contributed by atoms with Crippen LogP contribution in [0.2, 0.25) is 0 Å². The standard InChI is InChI=1S/C65H126O17P2/c1-6-10-13-16-19-22-23-24-25-26-27-28-29-36-41-46-51-65(70)82-61(55-76-63(68)49-44-39-35-31-30-32-37-42-47-58(5)9-4)57-80-84(73,74)78-53-59(66)52-77-83(71,72)79-56-60(81-64(69)50-45-40-34-21-18-15-12-8-3)54-75-62(67)48-43-38-33-20-17-14-11-7-2/h58-61,66H,6-57H2,1-5H3,(H,71,72)(H,73,74)/t58?,59-,60+,61+/m0/s1. The Hall–Kier alpha value is -1.94. The lowest BCUT2D eigenvalue weighted by atomic mass is 9.99. The summed E-state index contributed by atoms with van der Waals surface area (Å²) in [5, 5.41) is 10.5. The van der Waals surface area contributed by atoms with Crippen molar-refractivity contribution >= 4 is 39.5 Å². The highest BCUT2D eigenvalue weighted by Crippen LogP contribution is 2.45. The minimum absolute atomic E-state index is 0.105. The Morgan fingerprint density at radius 2 is 0.571 bits per heavy atom. The van der Waals surface area contributed by atoms with Gasteiger partial charge in [0.05, 0.1) is 26.4 Å². The zero-order chi connectivity index (χ0) is 62.0. The topological polar surface area (TPSA) is 237 Å². The van der Waals surface area contributed by atoms with Crippen molar-refractivity contribution in [2.75, 3.05) is 39.6 Å². The molecule has 84 heavy (non-hydrogen) atoms. The lowest BCUT2D eigenvalue weighted by molar-refractivity contribution is -0.161. The van der Waals surface area contributed by atoms with E-state index in [1.54, 1.807) is 0 Å². The molecule has 498 valence electrons. The Bertz CT molecular complexity index is 1640. The number of aliphatic hydroxyl groups excluding tert-OH is 1. The average molecular weight is 1240 g/mol. The predicted octanol–water partition coefficient (Wildman–Crippen LogP) is 18.2. The fourth-order valence-corrected chi connectivity index (χ4v) is 11.3. The third-order valence-corrected chi connectivity index (χ3v) is 17.3. The van der Waals surface area contributed by atoms with Crippen LogP contribution in [0.3, 0.4) is 0 Å². The van der Waals surface area contributed by atoms with Crippen molar-refractivity contribution < 1.29 is 80.2 Å². The van der Waals surface area contributed by atoms with Gasteiger partial charge in [-0.25, -0.2) is 9.13 Å². The van der Waals surface area contributed by atoms with Crippen molar-refractivity contribution in [2.24, 2.45) is 5.92 Å². The first-order valence-corrected chi connectivity index (χ1v) is 37.2. The van der Waals surface area contributed by atoms with Gasteiger partial charge in [0.1, 0.15) is 19.3 Å². The van der Waals surface area contributed by atoms with Gasteiger partial charge in [-0.15, -0.1) is 0 Å². The zero-order valence-electron chi connectivity index (χ0n) is 54.0. The lowest BCUT2D eigenvalue weighted by Crippen LogP contribution is -2.30. The molecule has 19 heteroatoms. The fraction of sp³-hybridized carbons (Fsp3) is 0.938. The summed E-state index contributed by atoms with van der Waals surface area (Å²) in [6.45, 7) is 7.16. The summed E-state index contributed by atoms with van der Waals surface area (Å²) in [6, 6.07) is 0. The van der Waals surface area contributed by atoms with E-state index >= 15 is 0 Å². The maximum atomic E-state index is 13.0. The molecule has 0 amide bonds. The first-order valence-electron chi connectivity index (χ1n) is 34.2. The van der Waals surface area contributed by atoms with Crippen LogP contribution in [-0.4, -0.2) is 96.7 Å². The Morgan fingerprint density at radius 1 is 0.333 bits per heavy atom. The van der Waals surface area contributed by atoms with E-state index in [1.165, 1.54) is 141 Å². The zero-order valence-corrected chi connectivity index (χ0v) is 55.8. The van der Waals surface area contributed by atoms with E-state index in [4.69, 9.17) is 37.0 Å². The van der Waals surface area contributed by atoms with E-state index in [2.05, 4.69) is 34.6 Å². The number of carbonyl (C=O) groups is 4. The number of ether oxygens (including phenoxy) is 4. The van der Waals surface area contributed by atoms with Crippen LogP contribution in [0.4, 0.5) is 0 Å². The van der Waals surface area contributed by atoms with Gasteiger partial charge in [0.15, 0.2) is 12.2 Å². The van der Waals surface area contributed by atoms with Crippen LogP contribution in [0.1, 0.15) is 330 Å². The molecule has 3 unspecified atom stereocenters. The van der Waals surface area contributed by atoms with Gasteiger partial charge in [0.2, 0.25) is 0 Å². The number of hydrogen-bond donors (Lipinski definition) is 3. The van der Waals surface area contributed by atoms with E-state index in [-0.39, 0.29) is 25.7 Å². The van der Waals surface area contributed by atoms with Crippen molar-refractivity contribution in [1.82, 2.24) is 0 Å². The molecular formula is C65H126O17P2.